The molecule has 0 aliphatic heterocycles. The van der Waals surface area contributed by atoms with Crippen molar-refractivity contribution in [3.8, 4) is 0 Å². The third-order valence-corrected chi connectivity index (χ3v) is 3.54. The summed E-state index contributed by atoms with van der Waals surface area (Å²) in [6, 6.07) is 15.2. The quantitative estimate of drug-likeness (QED) is 0.644. The van der Waals surface area contributed by atoms with Crippen LogP contribution in [0, 0.1) is 5.41 Å². The van der Waals surface area contributed by atoms with Crippen molar-refractivity contribution in [2.24, 2.45) is 5.41 Å². The minimum atomic E-state index is 0.231. The van der Waals surface area contributed by atoms with Gasteiger partial charge in [-0.3, -0.25) is 0 Å². The van der Waals surface area contributed by atoms with Crippen LogP contribution in [0.2, 0.25) is 0 Å². The van der Waals surface area contributed by atoms with Crippen LogP contribution in [0.1, 0.15) is 32.8 Å². The largest absolute Gasteiger partial charge is 0.123 e. The Morgan fingerprint density at radius 2 is 1.72 bits per heavy atom. The Morgan fingerprint density at radius 3 is 2.44 bits per heavy atom. The van der Waals surface area contributed by atoms with Gasteiger partial charge in [0.2, 0.25) is 0 Å². The molecule has 0 radical (unpaired) electrons. The first-order valence-corrected chi connectivity index (χ1v) is 7.02. The fraction of sp³-hybridized carbons (Fsp3) is 0.412. The average Bonchev–Trinajstić information content (AvgIpc) is 2.27. The van der Waals surface area contributed by atoms with Crippen LogP contribution in [0.3, 0.4) is 0 Å². The maximum absolute atomic E-state index is 6.15. The van der Waals surface area contributed by atoms with E-state index < -0.39 is 0 Å². The first-order chi connectivity index (χ1) is 8.48. The van der Waals surface area contributed by atoms with Crippen molar-refractivity contribution in [1.82, 2.24) is 0 Å². The molecule has 0 spiro atoms. The molecule has 0 saturated heterocycles. The second-order valence-corrected chi connectivity index (χ2v) is 6.71. The highest BCUT2D eigenvalue weighted by molar-refractivity contribution is 6.20. The van der Waals surface area contributed by atoms with Gasteiger partial charge in [0.15, 0.2) is 0 Å². The predicted octanol–water partition coefficient (Wildman–Crippen LogP) is 5.43. The molecule has 96 valence electrons. The zero-order valence-corrected chi connectivity index (χ0v) is 12.2. The van der Waals surface area contributed by atoms with Crippen LogP contribution in [0.4, 0.5) is 0 Å². The molecule has 0 aliphatic carbocycles. The summed E-state index contributed by atoms with van der Waals surface area (Å²) < 4.78 is 0. The van der Waals surface area contributed by atoms with E-state index in [-0.39, 0.29) is 10.8 Å². The maximum atomic E-state index is 6.15. The topological polar surface area (TPSA) is 0 Å². The molecule has 0 heterocycles. The second kappa shape index (κ2) is 5.32. The van der Waals surface area contributed by atoms with E-state index in [1.54, 1.807) is 0 Å². The van der Waals surface area contributed by atoms with E-state index in [0.717, 1.165) is 12.8 Å². The second-order valence-electron chi connectivity index (χ2n) is 5.96. The fourth-order valence-electron chi connectivity index (χ4n) is 2.80. The third kappa shape index (κ3) is 3.26. The van der Waals surface area contributed by atoms with E-state index in [0.29, 0.717) is 0 Å². The van der Waals surface area contributed by atoms with Gasteiger partial charge < -0.3 is 0 Å². The van der Waals surface area contributed by atoms with Crippen molar-refractivity contribution in [1.29, 1.82) is 0 Å². The number of hydrogen-bond acceptors (Lipinski definition) is 0. The summed E-state index contributed by atoms with van der Waals surface area (Å²) in [7, 11) is 0. The molecule has 0 saturated carbocycles. The highest BCUT2D eigenvalue weighted by Crippen LogP contribution is 2.31. The van der Waals surface area contributed by atoms with E-state index >= 15 is 0 Å². The van der Waals surface area contributed by atoms with Gasteiger partial charge in [-0.2, -0.15) is 0 Å². The highest BCUT2D eigenvalue weighted by atomic mass is 35.5. The molecule has 0 aliphatic rings. The predicted molar refractivity (Wildman–Crippen MR) is 81.4 cm³/mol. The summed E-state index contributed by atoms with van der Waals surface area (Å²) in [6.07, 6.45) is 2.11. The number of hydrogen-bond donors (Lipinski definition) is 0. The summed E-state index contributed by atoms with van der Waals surface area (Å²) >= 11 is 6.15. The van der Waals surface area contributed by atoms with Crippen molar-refractivity contribution < 1.29 is 0 Å². The van der Waals surface area contributed by atoms with Gasteiger partial charge in [-0.25, -0.2) is 0 Å². The molecule has 0 N–H and O–H groups in total. The first-order valence-electron chi connectivity index (χ1n) is 6.59. The van der Waals surface area contributed by atoms with Crippen LogP contribution in [0.5, 0.6) is 0 Å². The molecule has 0 aromatic heterocycles. The van der Waals surface area contributed by atoms with Crippen LogP contribution in [0.15, 0.2) is 42.5 Å². The molecule has 0 fully saturated rings. The standard InChI is InChI=1S/C17H21Cl/c1-13(18)11-17(2,3)12-15-9-6-8-14-7-4-5-10-16(14)15/h4-10,13H,11-12H2,1-3H3. The SMILES string of the molecule is CC(Cl)CC(C)(C)Cc1cccc2ccccc12. The molecular formula is C17H21Cl. The Balaban J connectivity index is 2.32. The van der Waals surface area contributed by atoms with Crippen LogP contribution in [-0.4, -0.2) is 5.38 Å². The lowest BCUT2D eigenvalue weighted by Gasteiger charge is -2.26. The smallest absolute Gasteiger partial charge is 0.0313 e. The van der Waals surface area contributed by atoms with Gasteiger partial charge in [0.05, 0.1) is 0 Å². The van der Waals surface area contributed by atoms with Crippen LogP contribution in [-0.2, 0) is 6.42 Å². The minimum Gasteiger partial charge on any atom is -0.123 e. The molecule has 2 aromatic carbocycles. The zero-order valence-electron chi connectivity index (χ0n) is 11.4. The van der Waals surface area contributed by atoms with E-state index in [9.17, 15) is 0 Å². The van der Waals surface area contributed by atoms with E-state index in [1.165, 1.54) is 16.3 Å². The Kier molecular flexibility index (Phi) is 3.97. The Labute approximate surface area is 115 Å². The van der Waals surface area contributed by atoms with Gasteiger partial charge in [-0.15, -0.1) is 11.6 Å². The monoisotopic (exact) mass is 260 g/mol. The Bertz CT molecular complexity index is 521. The number of alkyl halides is 1. The normalized spacial score (nSPS) is 13.8. The number of halogens is 1. The summed E-state index contributed by atoms with van der Waals surface area (Å²) in [4.78, 5) is 0. The lowest BCUT2D eigenvalue weighted by atomic mass is 9.80. The summed E-state index contributed by atoms with van der Waals surface area (Å²) in [5.74, 6) is 0. The zero-order chi connectivity index (χ0) is 13.2. The molecule has 1 heteroatoms. The molecular weight excluding hydrogens is 240 g/mol. The number of benzene rings is 2. The van der Waals surface area contributed by atoms with Crippen LogP contribution in [0.25, 0.3) is 10.8 Å². The number of fused-ring (bicyclic) bond motifs is 1. The molecule has 0 amide bonds. The van der Waals surface area contributed by atoms with Crippen molar-refractivity contribution in [3.05, 3.63) is 48.0 Å². The summed E-state index contributed by atoms with van der Waals surface area (Å²) in [6.45, 7) is 6.67. The van der Waals surface area contributed by atoms with Crippen LogP contribution < -0.4 is 0 Å². The van der Waals surface area contributed by atoms with Crippen molar-refractivity contribution in [3.63, 3.8) is 0 Å². The molecule has 18 heavy (non-hydrogen) atoms. The third-order valence-electron chi connectivity index (χ3n) is 3.38. The van der Waals surface area contributed by atoms with Gasteiger partial charge in [0, 0.05) is 5.38 Å². The average molecular weight is 261 g/mol. The Morgan fingerprint density at radius 1 is 1.06 bits per heavy atom. The van der Waals surface area contributed by atoms with E-state index in [1.807, 2.05) is 0 Å². The van der Waals surface area contributed by atoms with Gasteiger partial charge >= 0.3 is 0 Å². The molecule has 0 nitrogen and oxygen atoms in total. The molecule has 2 rings (SSSR count). The van der Waals surface area contributed by atoms with Crippen molar-refractivity contribution >= 4 is 22.4 Å². The molecule has 2 aromatic rings. The minimum absolute atomic E-state index is 0.231. The first kappa shape index (κ1) is 13.4. The maximum Gasteiger partial charge on any atom is 0.0313 e. The van der Waals surface area contributed by atoms with Gasteiger partial charge in [-0.1, -0.05) is 56.3 Å². The van der Waals surface area contributed by atoms with Crippen molar-refractivity contribution in [2.75, 3.05) is 0 Å². The molecule has 1 unspecified atom stereocenters. The highest BCUT2D eigenvalue weighted by Gasteiger charge is 2.21. The van der Waals surface area contributed by atoms with Crippen molar-refractivity contribution in [2.45, 2.75) is 39.0 Å². The van der Waals surface area contributed by atoms with Gasteiger partial charge in [0.1, 0.15) is 0 Å². The van der Waals surface area contributed by atoms with Crippen LogP contribution >= 0.6 is 11.6 Å². The summed E-state index contributed by atoms with van der Waals surface area (Å²) in [5.41, 5.74) is 1.67. The lowest BCUT2D eigenvalue weighted by molar-refractivity contribution is 0.332. The Hall–Kier alpha value is -1.01. The molecule has 1 atom stereocenters. The molecule has 0 bridgehead atoms. The number of rotatable bonds is 4. The van der Waals surface area contributed by atoms with Gasteiger partial charge in [-0.05, 0) is 41.5 Å². The fourth-order valence-corrected chi connectivity index (χ4v) is 3.21. The van der Waals surface area contributed by atoms with Gasteiger partial charge in [0.25, 0.3) is 0 Å². The lowest BCUT2D eigenvalue weighted by Crippen LogP contribution is -2.19. The van der Waals surface area contributed by atoms with E-state index in [4.69, 9.17) is 11.6 Å². The summed E-state index contributed by atoms with van der Waals surface area (Å²) in [5, 5.41) is 2.93. The van der Waals surface area contributed by atoms with E-state index in [2.05, 4.69) is 63.2 Å².